The molecule has 6 rings (SSSR count). The molecule has 6 aromatic rings. The molecule has 11 heteroatoms. The second kappa shape index (κ2) is 11.2. The van der Waals surface area contributed by atoms with Crippen molar-refractivity contribution in [2.45, 2.75) is 0 Å². The van der Waals surface area contributed by atoms with Gasteiger partial charge in [-0.2, -0.15) is 4.98 Å². The first kappa shape index (κ1) is 27.4. The summed E-state index contributed by atoms with van der Waals surface area (Å²) in [4.78, 5) is 21.7. The van der Waals surface area contributed by atoms with Crippen LogP contribution in [-0.4, -0.2) is 42.4 Å². The van der Waals surface area contributed by atoms with Gasteiger partial charge in [0.1, 0.15) is 29.7 Å². The Morgan fingerprint density at radius 1 is 0.952 bits per heavy atom. The van der Waals surface area contributed by atoms with Crippen molar-refractivity contribution in [2.75, 3.05) is 30.8 Å². The lowest BCUT2D eigenvalue weighted by Gasteiger charge is -2.23. The number of pyridine rings is 1. The number of rotatable bonds is 8. The number of carbonyl (C=O) groups excluding carboxylic acids is 1. The molecule has 7 nitrogen and oxygen atoms in total. The van der Waals surface area contributed by atoms with E-state index in [9.17, 15) is 13.6 Å². The van der Waals surface area contributed by atoms with E-state index in [0.29, 0.717) is 50.1 Å². The Labute approximate surface area is 242 Å². The third-order valence-electron chi connectivity index (χ3n) is 6.76. The molecule has 1 N–H and O–H groups in total. The van der Waals surface area contributed by atoms with Crippen LogP contribution in [0.1, 0.15) is 10.4 Å². The molecule has 3 aromatic heterocycles. The molecule has 0 aliphatic carbocycles. The Hall–Kier alpha value is -4.77. The third-order valence-corrected chi connectivity index (χ3v) is 7.58. The molecule has 1 amide bonds. The number of hydrogen-bond donors (Lipinski definition) is 1. The average molecular weight is 589 g/mol. The number of benzene rings is 3. The van der Waals surface area contributed by atoms with Crippen molar-refractivity contribution in [1.82, 2.24) is 15.3 Å². The van der Waals surface area contributed by atoms with E-state index >= 15 is 4.39 Å². The molecule has 3 aromatic carbocycles. The van der Waals surface area contributed by atoms with Crippen molar-refractivity contribution in [1.29, 1.82) is 0 Å². The molecule has 0 saturated carbocycles. The number of hydrogen-bond acceptors (Lipinski definition) is 7. The van der Waals surface area contributed by atoms with Gasteiger partial charge in [0.25, 0.3) is 5.91 Å². The number of nitrogens with one attached hydrogen (secondary N) is 1. The molecular weight excluding hydrogens is 565 g/mol. The van der Waals surface area contributed by atoms with E-state index in [1.165, 1.54) is 55.4 Å². The summed E-state index contributed by atoms with van der Waals surface area (Å²) in [7, 11) is 1.50. The van der Waals surface area contributed by atoms with Crippen molar-refractivity contribution < 1.29 is 26.8 Å². The summed E-state index contributed by atoms with van der Waals surface area (Å²) >= 11 is 1.29. The summed E-state index contributed by atoms with van der Waals surface area (Å²) in [6, 6.07) is 16.8. The lowest BCUT2D eigenvalue weighted by Crippen LogP contribution is -2.19. The Morgan fingerprint density at radius 3 is 2.45 bits per heavy atom. The van der Waals surface area contributed by atoms with Gasteiger partial charge in [-0.05, 0) is 66.2 Å². The Kier molecular flexibility index (Phi) is 7.34. The zero-order valence-corrected chi connectivity index (χ0v) is 23.3. The first-order chi connectivity index (χ1) is 20.4. The highest BCUT2D eigenvalue weighted by Gasteiger charge is 2.25. The summed E-state index contributed by atoms with van der Waals surface area (Å²) in [6.45, 7) is -0.586. The molecule has 0 aliphatic heterocycles. The zero-order valence-electron chi connectivity index (χ0n) is 22.5. The SMILES string of the molecule is CNC(=O)c1c(-c2ccc(F)cc2)oc2cc(N(CCF)SC)c(-c3cc(F)cc(-c4nc5ncccc5o4)c3)cc12. The first-order valence-corrected chi connectivity index (χ1v) is 14.1. The molecular formula is C31H23F3N4O3S. The Bertz CT molecular complexity index is 1910. The van der Waals surface area contributed by atoms with Gasteiger partial charge in [0.05, 0.1) is 17.8 Å². The van der Waals surface area contributed by atoms with Gasteiger partial charge in [-0.3, -0.25) is 4.79 Å². The summed E-state index contributed by atoms with van der Waals surface area (Å²) in [6.07, 6.45) is 3.39. The van der Waals surface area contributed by atoms with Crippen molar-refractivity contribution in [3.63, 3.8) is 0 Å². The summed E-state index contributed by atoms with van der Waals surface area (Å²) in [5.41, 5.74) is 3.82. The molecule has 3 heterocycles. The number of carbonyl (C=O) groups is 1. The maximum atomic E-state index is 15.2. The van der Waals surface area contributed by atoms with Gasteiger partial charge in [0.2, 0.25) is 5.89 Å². The first-order valence-electron chi connectivity index (χ1n) is 12.9. The van der Waals surface area contributed by atoms with Crippen molar-refractivity contribution in [3.05, 3.63) is 90.1 Å². The number of alkyl halides is 1. The van der Waals surface area contributed by atoms with Gasteiger partial charge in [0, 0.05) is 47.6 Å². The minimum absolute atomic E-state index is 0.0481. The van der Waals surface area contributed by atoms with Crippen LogP contribution in [0, 0.1) is 11.6 Å². The highest BCUT2D eigenvalue weighted by atomic mass is 32.2. The van der Waals surface area contributed by atoms with Gasteiger partial charge in [-0.1, -0.05) is 11.9 Å². The highest BCUT2D eigenvalue weighted by Crippen LogP contribution is 2.43. The lowest BCUT2D eigenvalue weighted by molar-refractivity contribution is 0.0964. The number of nitrogens with zero attached hydrogens (tertiary/aromatic N) is 3. The second-order valence-electron chi connectivity index (χ2n) is 9.30. The minimum atomic E-state index is -0.634. The molecule has 0 aliphatic rings. The van der Waals surface area contributed by atoms with E-state index in [4.69, 9.17) is 8.83 Å². The molecule has 0 spiro atoms. The fourth-order valence-corrected chi connectivity index (χ4v) is 5.47. The van der Waals surface area contributed by atoms with Gasteiger partial charge < -0.3 is 18.5 Å². The van der Waals surface area contributed by atoms with Crippen molar-refractivity contribution in [2.24, 2.45) is 0 Å². The minimum Gasteiger partial charge on any atom is -0.455 e. The third kappa shape index (κ3) is 4.96. The van der Waals surface area contributed by atoms with Crippen LogP contribution < -0.4 is 9.62 Å². The standard InChI is InChI=1S/C31H23F3N4O3S/c1-35-30(39)27-23-15-22(18-12-19(14-21(34)13-18)31-37-29-25(41-31)4-3-10-36-29)24(38(42-2)11-9-32)16-26(23)40-28(27)17-5-7-20(33)8-6-17/h3-8,10,12-16H,9,11H2,1-2H3,(H,35,39). The van der Waals surface area contributed by atoms with E-state index < -0.39 is 24.2 Å². The van der Waals surface area contributed by atoms with E-state index in [1.807, 2.05) is 0 Å². The molecule has 212 valence electrons. The van der Waals surface area contributed by atoms with Crippen molar-refractivity contribution >= 4 is 45.7 Å². The molecule has 42 heavy (non-hydrogen) atoms. The smallest absolute Gasteiger partial charge is 0.255 e. The van der Waals surface area contributed by atoms with Crippen LogP contribution in [0.2, 0.25) is 0 Å². The lowest BCUT2D eigenvalue weighted by atomic mass is 9.97. The van der Waals surface area contributed by atoms with Gasteiger partial charge in [-0.25, -0.2) is 18.2 Å². The fourth-order valence-electron chi connectivity index (χ4n) is 4.87. The fraction of sp³-hybridized carbons (Fsp3) is 0.129. The van der Waals surface area contributed by atoms with E-state index in [1.54, 1.807) is 47.1 Å². The van der Waals surface area contributed by atoms with Gasteiger partial charge in [-0.15, -0.1) is 0 Å². The number of oxazole rings is 1. The molecule has 0 saturated heterocycles. The Morgan fingerprint density at radius 2 is 1.74 bits per heavy atom. The van der Waals surface area contributed by atoms with Gasteiger partial charge in [0.15, 0.2) is 11.2 Å². The summed E-state index contributed by atoms with van der Waals surface area (Å²) < 4.78 is 56.2. The molecule has 0 radical (unpaired) electrons. The van der Waals surface area contributed by atoms with Crippen LogP contribution in [0.15, 0.2) is 81.8 Å². The summed E-state index contributed by atoms with van der Waals surface area (Å²) in [5.74, 6) is -0.968. The second-order valence-corrected chi connectivity index (χ2v) is 10.1. The molecule has 0 bridgehead atoms. The predicted molar refractivity (Wildman–Crippen MR) is 158 cm³/mol. The number of halogens is 3. The molecule has 0 fully saturated rings. The number of fused-ring (bicyclic) bond motifs is 2. The van der Waals surface area contributed by atoms with Crippen LogP contribution >= 0.6 is 11.9 Å². The van der Waals surface area contributed by atoms with Gasteiger partial charge >= 0.3 is 0 Å². The van der Waals surface area contributed by atoms with E-state index in [-0.39, 0.29) is 23.8 Å². The molecule has 0 unspecified atom stereocenters. The quantitative estimate of drug-likeness (QED) is 0.183. The topological polar surface area (TPSA) is 84.4 Å². The number of furan rings is 1. The van der Waals surface area contributed by atoms with Crippen molar-refractivity contribution in [3.8, 4) is 33.9 Å². The largest absolute Gasteiger partial charge is 0.455 e. The number of aromatic nitrogens is 2. The van der Waals surface area contributed by atoms with Crippen LogP contribution in [-0.2, 0) is 0 Å². The van der Waals surface area contributed by atoms with Crippen LogP contribution in [0.5, 0.6) is 0 Å². The monoisotopic (exact) mass is 588 g/mol. The Balaban J connectivity index is 1.61. The van der Waals surface area contributed by atoms with E-state index in [0.717, 1.165) is 0 Å². The summed E-state index contributed by atoms with van der Waals surface area (Å²) in [5, 5.41) is 3.09. The van der Waals surface area contributed by atoms with Crippen LogP contribution in [0.25, 0.3) is 56.1 Å². The van der Waals surface area contributed by atoms with Crippen LogP contribution in [0.4, 0.5) is 18.9 Å². The number of anilines is 1. The highest BCUT2D eigenvalue weighted by molar-refractivity contribution is 8.00. The predicted octanol–water partition coefficient (Wildman–Crippen LogP) is 7.66. The van der Waals surface area contributed by atoms with E-state index in [2.05, 4.69) is 15.3 Å². The average Bonchev–Trinajstić information content (AvgIpc) is 3.61. The van der Waals surface area contributed by atoms with Crippen LogP contribution in [0.3, 0.4) is 0 Å². The number of amides is 1. The zero-order chi connectivity index (χ0) is 29.4. The molecule has 0 atom stereocenters. The normalized spacial score (nSPS) is 11.4. The maximum absolute atomic E-state index is 15.2. The maximum Gasteiger partial charge on any atom is 0.255 e.